The minimum absolute atomic E-state index is 0.0970. The molecule has 0 aliphatic carbocycles. The fourth-order valence-corrected chi connectivity index (χ4v) is 2.30. The Bertz CT molecular complexity index is 590. The SMILES string of the molecule is CNS(=O)(=O)CCNc1ncc([N+](=O)[O-])c(C)c1Br. The van der Waals surface area contributed by atoms with Gasteiger partial charge in [0.05, 0.1) is 15.1 Å². The van der Waals surface area contributed by atoms with Crippen molar-refractivity contribution in [1.82, 2.24) is 9.71 Å². The maximum absolute atomic E-state index is 11.2. The van der Waals surface area contributed by atoms with Crippen LogP contribution >= 0.6 is 15.9 Å². The maximum Gasteiger partial charge on any atom is 0.291 e. The van der Waals surface area contributed by atoms with Gasteiger partial charge >= 0.3 is 0 Å². The zero-order valence-electron chi connectivity index (χ0n) is 10.3. The molecule has 0 amide bonds. The van der Waals surface area contributed by atoms with Crippen LogP contribution in [0.1, 0.15) is 5.56 Å². The van der Waals surface area contributed by atoms with Gasteiger partial charge in [-0.05, 0) is 29.9 Å². The Balaban J connectivity index is 2.82. The molecule has 0 aliphatic rings. The highest BCUT2D eigenvalue weighted by molar-refractivity contribution is 9.10. The summed E-state index contributed by atoms with van der Waals surface area (Å²) in [4.78, 5) is 14.1. The molecule has 0 radical (unpaired) electrons. The number of hydrogen-bond donors (Lipinski definition) is 2. The molecule has 0 saturated heterocycles. The van der Waals surface area contributed by atoms with E-state index in [4.69, 9.17) is 0 Å². The lowest BCUT2D eigenvalue weighted by atomic mass is 10.2. The minimum atomic E-state index is -3.30. The molecular formula is C9H13BrN4O4S. The van der Waals surface area contributed by atoms with Crippen molar-refractivity contribution in [3.63, 3.8) is 0 Å². The van der Waals surface area contributed by atoms with Gasteiger partial charge in [0.15, 0.2) is 0 Å². The highest BCUT2D eigenvalue weighted by Gasteiger charge is 2.17. The Labute approximate surface area is 118 Å². The predicted molar refractivity (Wildman–Crippen MR) is 74.7 cm³/mol. The number of rotatable bonds is 6. The van der Waals surface area contributed by atoms with Crippen LogP contribution in [0.3, 0.4) is 0 Å². The van der Waals surface area contributed by atoms with Crippen LogP contribution < -0.4 is 10.0 Å². The van der Waals surface area contributed by atoms with Crippen LogP contribution in [0.25, 0.3) is 0 Å². The monoisotopic (exact) mass is 352 g/mol. The third-order valence-corrected chi connectivity index (χ3v) is 4.74. The second-order valence-electron chi connectivity index (χ2n) is 3.64. The molecule has 0 bridgehead atoms. The van der Waals surface area contributed by atoms with E-state index < -0.39 is 14.9 Å². The number of nitro groups is 1. The summed E-state index contributed by atoms with van der Waals surface area (Å²) in [6, 6.07) is 0. The quantitative estimate of drug-likeness (QED) is 0.583. The van der Waals surface area contributed by atoms with Crippen LogP contribution in [0, 0.1) is 17.0 Å². The first-order valence-corrected chi connectivity index (χ1v) is 7.67. The highest BCUT2D eigenvalue weighted by Crippen LogP contribution is 2.30. The summed E-state index contributed by atoms with van der Waals surface area (Å²) in [5, 5.41) is 13.5. The second-order valence-corrected chi connectivity index (χ2v) is 6.48. The van der Waals surface area contributed by atoms with Gasteiger partial charge in [-0.25, -0.2) is 18.1 Å². The summed E-state index contributed by atoms with van der Waals surface area (Å²) >= 11 is 3.20. The molecule has 106 valence electrons. The average molecular weight is 353 g/mol. The lowest BCUT2D eigenvalue weighted by Crippen LogP contribution is -2.26. The van der Waals surface area contributed by atoms with Gasteiger partial charge in [0, 0.05) is 12.1 Å². The zero-order valence-corrected chi connectivity index (χ0v) is 12.7. The van der Waals surface area contributed by atoms with E-state index in [1.807, 2.05) is 0 Å². The van der Waals surface area contributed by atoms with E-state index >= 15 is 0 Å². The van der Waals surface area contributed by atoms with Crippen molar-refractivity contribution in [3.8, 4) is 0 Å². The highest BCUT2D eigenvalue weighted by atomic mass is 79.9. The van der Waals surface area contributed by atoms with Crippen LogP contribution in [0.4, 0.5) is 11.5 Å². The van der Waals surface area contributed by atoms with Crippen molar-refractivity contribution < 1.29 is 13.3 Å². The zero-order chi connectivity index (χ0) is 14.6. The molecule has 0 saturated carbocycles. The molecule has 8 nitrogen and oxygen atoms in total. The summed E-state index contributed by atoms with van der Waals surface area (Å²) in [5.74, 6) is 0.252. The Morgan fingerprint density at radius 2 is 2.16 bits per heavy atom. The molecule has 0 atom stereocenters. The first kappa shape index (κ1) is 15.8. The molecule has 0 fully saturated rings. The van der Waals surface area contributed by atoms with Gasteiger partial charge in [0.2, 0.25) is 10.0 Å². The average Bonchev–Trinajstić information content (AvgIpc) is 2.34. The molecule has 1 aromatic rings. The molecule has 19 heavy (non-hydrogen) atoms. The smallest absolute Gasteiger partial charge is 0.291 e. The molecule has 10 heteroatoms. The van der Waals surface area contributed by atoms with E-state index in [2.05, 4.69) is 31.0 Å². The van der Waals surface area contributed by atoms with E-state index in [-0.39, 0.29) is 18.0 Å². The number of nitrogens with one attached hydrogen (secondary N) is 2. The van der Waals surface area contributed by atoms with Crippen molar-refractivity contribution >= 4 is 37.5 Å². The summed E-state index contributed by atoms with van der Waals surface area (Å²) in [6.45, 7) is 1.73. The van der Waals surface area contributed by atoms with E-state index in [1.54, 1.807) is 6.92 Å². The van der Waals surface area contributed by atoms with E-state index in [0.717, 1.165) is 6.20 Å². The molecule has 0 aliphatic heterocycles. The van der Waals surface area contributed by atoms with E-state index in [0.29, 0.717) is 15.9 Å². The van der Waals surface area contributed by atoms with Crippen LogP contribution in [0.2, 0.25) is 0 Å². The minimum Gasteiger partial charge on any atom is -0.368 e. The number of pyridine rings is 1. The van der Waals surface area contributed by atoms with Crippen molar-refractivity contribution in [2.75, 3.05) is 24.7 Å². The molecule has 1 aromatic heterocycles. The maximum atomic E-state index is 11.2. The number of aromatic nitrogens is 1. The topological polar surface area (TPSA) is 114 Å². The Morgan fingerprint density at radius 3 is 2.68 bits per heavy atom. The molecule has 0 unspecified atom stereocenters. The fourth-order valence-electron chi connectivity index (χ4n) is 1.28. The molecular weight excluding hydrogens is 340 g/mol. The Hall–Kier alpha value is -1.26. The van der Waals surface area contributed by atoms with Crippen molar-refractivity contribution in [1.29, 1.82) is 0 Å². The van der Waals surface area contributed by atoms with E-state index in [1.165, 1.54) is 7.05 Å². The third-order valence-electron chi connectivity index (χ3n) is 2.41. The summed E-state index contributed by atoms with van der Waals surface area (Å²) in [5.41, 5.74) is 0.333. The van der Waals surface area contributed by atoms with Gasteiger partial charge < -0.3 is 5.32 Å². The number of hydrogen-bond acceptors (Lipinski definition) is 6. The number of sulfonamides is 1. The van der Waals surface area contributed by atoms with Crippen LogP contribution in [-0.4, -0.2) is 37.7 Å². The first-order chi connectivity index (χ1) is 8.78. The van der Waals surface area contributed by atoms with Gasteiger partial charge in [0.25, 0.3) is 5.69 Å². The molecule has 1 rings (SSSR count). The summed E-state index contributed by atoms with van der Waals surface area (Å²) in [7, 11) is -1.97. The number of nitrogens with zero attached hydrogens (tertiary/aromatic N) is 2. The largest absolute Gasteiger partial charge is 0.368 e. The predicted octanol–water partition coefficient (Wildman–Crippen LogP) is 1.02. The third kappa shape index (κ3) is 4.11. The lowest BCUT2D eigenvalue weighted by molar-refractivity contribution is -0.385. The second kappa shape index (κ2) is 6.26. The molecule has 2 N–H and O–H groups in total. The van der Waals surface area contributed by atoms with E-state index in [9.17, 15) is 18.5 Å². The van der Waals surface area contributed by atoms with Crippen LogP contribution in [0.5, 0.6) is 0 Å². The summed E-state index contributed by atoms with van der Waals surface area (Å²) < 4.78 is 25.1. The number of anilines is 1. The van der Waals surface area contributed by atoms with Gasteiger partial charge in [-0.3, -0.25) is 10.1 Å². The lowest BCUT2D eigenvalue weighted by Gasteiger charge is -2.09. The van der Waals surface area contributed by atoms with Crippen LogP contribution in [0.15, 0.2) is 10.7 Å². The fraction of sp³-hybridized carbons (Fsp3) is 0.444. The molecule has 0 aromatic carbocycles. The van der Waals surface area contributed by atoms with Gasteiger partial charge in [-0.15, -0.1) is 0 Å². The molecule has 1 heterocycles. The Kier molecular flexibility index (Phi) is 5.20. The van der Waals surface area contributed by atoms with Gasteiger partial charge in [-0.1, -0.05) is 0 Å². The van der Waals surface area contributed by atoms with Crippen molar-refractivity contribution in [2.45, 2.75) is 6.92 Å². The van der Waals surface area contributed by atoms with Crippen molar-refractivity contribution in [2.24, 2.45) is 0 Å². The standard InChI is InChI=1S/C9H13BrN4O4S/c1-6-7(14(15)16)5-13-9(8(6)10)12-3-4-19(17,18)11-2/h5,11H,3-4H2,1-2H3,(H,12,13). The first-order valence-electron chi connectivity index (χ1n) is 5.23. The molecule has 0 spiro atoms. The van der Waals surface area contributed by atoms with Crippen molar-refractivity contribution in [3.05, 3.63) is 26.3 Å². The van der Waals surface area contributed by atoms with Crippen LogP contribution in [-0.2, 0) is 10.0 Å². The normalized spacial score (nSPS) is 11.3. The summed E-state index contributed by atoms with van der Waals surface area (Å²) in [6.07, 6.45) is 1.13. The Morgan fingerprint density at radius 1 is 1.53 bits per heavy atom. The number of halogens is 1. The van der Waals surface area contributed by atoms with Gasteiger partial charge in [-0.2, -0.15) is 0 Å². The van der Waals surface area contributed by atoms with Gasteiger partial charge in [0.1, 0.15) is 12.0 Å².